The maximum atomic E-state index is 11.2. The normalized spacial score (nSPS) is 38.9. The summed E-state index contributed by atoms with van der Waals surface area (Å²) in [4.78, 5) is 13.3. The van der Waals surface area contributed by atoms with Crippen molar-refractivity contribution >= 4 is 5.91 Å². The van der Waals surface area contributed by atoms with Crippen LogP contribution in [0.15, 0.2) is 0 Å². The third-order valence-electron chi connectivity index (χ3n) is 3.67. The summed E-state index contributed by atoms with van der Waals surface area (Å²) >= 11 is 0. The maximum Gasteiger partial charge on any atom is 0.219 e. The van der Waals surface area contributed by atoms with Gasteiger partial charge in [0.05, 0.1) is 0 Å². The van der Waals surface area contributed by atoms with Gasteiger partial charge in [-0.25, -0.2) is 0 Å². The number of hydrogen-bond acceptors (Lipinski definition) is 1. The summed E-state index contributed by atoms with van der Waals surface area (Å²) in [6, 6.07) is 0. The highest BCUT2D eigenvalue weighted by Gasteiger charge is 2.44. The molecule has 1 heterocycles. The number of likely N-dealkylation sites (tertiary alicyclic amines) is 1. The van der Waals surface area contributed by atoms with Crippen LogP contribution < -0.4 is 0 Å². The van der Waals surface area contributed by atoms with Crippen molar-refractivity contribution in [2.45, 2.75) is 39.5 Å². The van der Waals surface area contributed by atoms with Crippen molar-refractivity contribution in [3.63, 3.8) is 0 Å². The Morgan fingerprint density at radius 2 is 2.15 bits per heavy atom. The fraction of sp³-hybridized carbons (Fsp3) is 0.909. The zero-order valence-corrected chi connectivity index (χ0v) is 8.68. The van der Waals surface area contributed by atoms with Gasteiger partial charge in [0.15, 0.2) is 0 Å². The average molecular weight is 181 g/mol. The van der Waals surface area contributed by atoms with Gasteiger partial charge < -0.3 is 4.90 Å². The van der Waals surface area contributed by atoms with Crippen LogP contribution in [0.3, 0.4) is 0 Å². The van der Waals surface area contributed by atoms with E-state index in [1.54, 1.807) is 6.92 Å². The van der Waals surface area contributed by atoms with Gasteiger partial charge in [-0.3, -0.25) is 4.79 Å². The first-order valence-corrected chi connectivity index (χ1v) is 5.37. The molecule has 0 bridgehead atoms. The number of carbonyl (C=O) groups excluding carboxylic acids is 1. The van der Waals surface area contributed by atoms with Gasteiger partial charge in [-0.05, 0) is 37.0 Å². The van der Waals surface area contributed by atoms with Crippen LogP contribution in [0.25, 0.3) is 0 Å². The van der Waals surface area contributed by atoms with Gasteiger partial charge in [-0.15, -0.1) is 0 Å². The third kappa shape index (κ3) is 1.59. The van der Waals surface area contributed by atoms with Gasteiger partial charge in [0.1, 0.15) is 0 Å². The van der Waals surface area contributed by atoms with Gasteiger partial charge in [0.25, 0.3) is 0 Å². The Bertz CT molecular complexity index is 213. The molecule has 0 atom stereocenters. The smallest absolute Gasteiger partial charge is 0.219 e. The van der Waals surface area contributed by atoms with Crippen molar-refractivity contribution in [1.29, 1.82) is 0 Å². The summed E-state index contributed by atoms with van der Waals surface area (Å²) in [5.41, 5.74) is 0.531. The van der Waals surface area contributed by atoms with E-state index < -0.39 is 0 Å². The molecule has 1 aliphatic heterocycles. The summed E-state index contributed by atoms with van der Waals surface area (Å²) in [5, 5.41) is 0. The van der Waals surface area contributed by atoms with Gasteiger partial charge >= 0.3 is 0 Å². The van der Waals surface area contributed by atoms with Crippen LogP contribution in [-0.4, -0.2) is 23.9 Å². The van der Waals surface area contributed by atoms with E-state index in [0.29, 0.717) is 5.41 Å². The molecule has 0 radical (unpaired) electrons. The minimum atomic E-state index is 0.263. The molecular weight excluding hydrogens is 162 g/mol. The van der Waals surface area contributed by atoms with Gasteiger partial charge in [-0.1, -0.05) is 6.92 Å². The standard InChI is InChI=1S/C11H19NO/c1-9-6-11(7-9)4-3-5-12(8-11)10(2)13/h9H,3-8H2,1-2H3. The first-order chi connectivity index (χ1) is 6.11. The molecule has 1 aliphatic carbocycles. The number of carbonyl (C=O) groups is 1. The quantitative estimate of drug-likeness (QED) is 0.560. The Morgan fingerprint density at radius 1 is 1.46 bits per heavy atom. The molecule has 2 nitrogen and oxygen atoms in total. The van der Waals surface area contributed by atoms with Crippen molar-refractivity contribution < 1.29 is 4.79 Å². The van der Waals surface area contributed by atoms with Crippen LogP contribution in [0.1, 0.15) is 39.5 Å². The molecule has 0 aromatic heterocycles. The van der Waals surface area contributed by atoms with Crippen LogP contribution >= 0.6 is 0 Å². The molecule has 1 amide bonds. The van der Waals surface area contributed by atoms with E-state index in [2.05, 4.69) is 6.92 Å². The molecule has 2 aliphatic rings. The lowest BCUT2D eigenvalue weighted by atomic mass is 9.59. The predicted molar refractivity (Wildman–Crippen MR) is 52.3 cm³/mol. The number of nitrogens with zero attached hydrogens (tertiary/aromatic N) is 1. The lowest BCUT2D eigenvalue weighted by Gasteiger charge is -2.52. The lowest BCUT2D eigenvalue weighted by Crippen LogP contribution is -2.51. The topological polar surface area (TPSA) is 20.3 Å². The largest absolute Gasteiger partial charge is 0.342 e. The van der Waals surface area contributed by atoms with Crippen molar-refractivity contribution in [3.05, 3.63) is 0 Å². The van der Waals surface area contributed by atoms with E-state index >= 15 is 0 Å². The molecule has 0 aromatic carbocycles. The van der Waals surface area contributed by atoms with Gasteiger partial charge in [0, 0.05) is 20.0 Å². The highest BCUT2D eigenvalue weighted by molar-refractivity contribution is 5.73. The molecule has 1 saturated heterocycles. The Kier molecular flexibility index (Phi) is 2.09. The second-order valence-corrected chi connectivity index (χ2v) is 5.06. The molecule has 13 heavy (non-hydrogen) atoms. The maximum absolute atomic E-state index is 11.2. The SMILES string of the molecule is CC(=O)N1CCCC2(CC(C)C2)C1. The summed E-state index contributed by atoms with van der Waals surface area (Å²) in [7, 11) is 0. The first-order valence-electron chi connectivity index (χ1n) is 5.37. The second kappa shape index (κ2) is 3.00. The molecule has 2 fully saturated rings. The van der Waals surface area contributed by atoms with Crippen LogP contribution in [0.2, 0.25) is 0 Å². The van der Waals surface area contributed by atoms with Crippen molar-refractivity contribution in [3.8, 4) is 0 Å². The van der Waals surface area contributed by atoms with Crippen molar-refractivity contribution in [2.24, 2.45) is 11.3 Å². The van der Waals surface area contributed by atoms with Crippen LogP contribution in [0, 0.1) is 11.3 Å². The second-order valence-electron chi connectivity index (χ2n) is 5.06. The molecule has 0 unspecified atom stereocenters. The number of rotatable bonds is 0. The molecule has 74 valence electrons. The van der Waals surface area contributed by atoms with E-state index in [4.69, 9.17) is 0 Å². The lowest BCUT2D eigenvalue weighted by molar-refractivity contribution is -0.135. The first kappa shape index (κ1) is 9.04. The summed E-state index contributed by atoms with van der Waals surface area (Å²) < 4.78 is 0. The molecule has 0 N–H and O–H groups in total. The van der Waals surface area contributed by atoms with Crippen LogP contribution in [-0.2, 0) is 4.79 Å². The zero-order valence-electron chi connectivity index (χ0n) is 8.68. The Balaban J connectivity index is 1.97. The van der Waals surface area contributed by atoms with E-state index in [9.17, 15) is 4.79 Å². The predicted octanol–water partition coefficient (Wildman–Crippen LogP) is 2.04. The molecule has 0 aromatic rings. The van der Waals surface area contributed by atoms with E-state index in [-0.39, 0.29) is 5.91 Å². The minimum absolute atomic E-state index is 0.263. The van der Waals surface area contributed by atoms with Crippen LogP contribution in [0.4, 0.5) is 0 Å². The summed E-state index contributed by atoms with van der Waals surface area (Å²) in [6.07, 6.45) is 5.25. The fourth-order valence-corrected chi connectivity index (χ4v) is 3.23. The highest BCUT2D eigenvalue weighted by Crippen LogP contribution is 2.50. The highest BCUT2D eigenvalue weighted by atomic mass is 16.2. The monoisotopic (exact) mass is 181 g/mol. The van der Waals surface area contributed by atoms with Crippen molar-refractivity contribution in [1.82, 2.24) is 4.90 Å². The van der Waals surface area contributed by atoms with Gasteiger partial charge in [-0.2, -0.15) is 0 Å². The Hall–Kier alpha value is -0.530. The summed E-state index contributed by atoms with van der Waals surface area (Å²) in [5.74, 6) is 1.16. The average Bonchev–Trinajstić information content (AvgIpc) is 2.02. The third-order valence-corrected chi connectivity index (χ3v) is 3.67. The fourth-order valence-electron chi connectivity index (χ4n) is 3.23. The molecule has 1 saturated carbocycles. The molecule has 1 spiro atoms. The Morgan fingerprint density at radius 3 is 2.69 bits per heavy atom. The molecule has 2 rings (SSSR count). The van der Waals surface area contributed by atoms with E-state index in [1.165, 1.54) is 25.7 Å². The Labute approximate surface area is 80.3 Å². The molecule has 2 heteroatoms. The van der Waals surface area contributed by atoms with Crippen LogP contribution in [0.5, 0.6) is 0 Å². The van der Waals surface area contributed by atoms with Gasteiger partial charge in [0.2, 0.25) is 5.91 Å². The summed E-state index contributed by atoms with van der Waals surface area (Å²) in [6.45, 7) is 6.04. The number of hydrogen-bond donors (Lipinski definition) is 0. The minimum Gasteiger partial charge on any atom is -0.342 e. The van der Waals surface area contributed by atoms with Crippen molar-refractivity contribution in [2.75, 3.05) is 13.1 Å². The zero-order chi connectivity index (χ0) is 9.47. The van der Waals surface area contributed by atoms with E-state index in [0.717, 1.165) is 19.0 Å². The number of piperidine rings is 1. The van der Waals surface area contributed by atoms with E-state index in [1.807, 2.05) is 4.90 Å². The number of amides is 1. The molecular formula is C11H19NO.